The first kappa shape index (κ1) is 24.5. The SMILES string of the molecule is CCOC(=O)NC(CNC(=NC)N1CCC(OCCCOC)CC1)CC(C)C. The van der Waals surface area contributed by atoms with E-state index < -0.39 is 0 Å². The maximum absolute atomic E-state index is 11.8. The van der Waals surface area contributed by atoms with E-state index in [-0.39, 0.29) is 12.1 Å². The van der Waals surface area contributed by atoms with Crippen LogP contribution in [0.5, 0.6) is 0 Å². The Morgan fingerprint density at radius 3 is 2.54 bits per heavy atom. The van der Waals surface area contributed by atoms with Gasteiger partial charge in [0, 0.05) is 53.0 Å². The third-order valence-corrected chi connectivity index (χ3v) is 4.66. The molecule has 164 valence electrons. The van der Waals surface area contributed by atoms with Crippen molar-refractivity contribution in [1.82, 2.24) is 15.5 Å². The van der Waals surface area contributed by atoms with Crippen molar-refractivity contribution in [3.05, 3.63) is 0 Å². The molecule has 0 bridgehead atoms. The highest BCUT2D eigenvalue weighted by molar-refractivity contribution is 5.80. The van der Waals surface area contributed by atoms with Crippen molar-refractivity contribution in [2.75, 3.05) is 53.6 Å². The van der Waals surface area contributed by atoms with Gasteiger partial charge in [0.25, 0.3) is 0 Å². The summed E-state index contributed by atoms with van der Waals surface area (Å²) in [5.41, 5.74) is 0. The van der Waals surface area contributed by atoms with E-state index in [1.54, 1.807) is 14.2 Å². The van der Waals surface area contributed by atoms with Gasteiger partial charge in [-0.3, -0.25) is 4.99 Å². The number of aliphatic imine (C=N–C) groups is 1. The molecule has 0 aromatic rings. The number of hydrogen-bond acceptors (Lipinski definition) is 5. The number of piperidine rings is 1. The van der Waals surface area contributed by atoms with Gasteiger partial charge in [-0.1, -0.05) is 13.8 Å². The summed E-state index contributed by atoms with van der Waals surface area (Å²) in [4.78, 5) is 18.5. The van der Waals surface area contributed by atoms with E-state index in [0.29, 0.717) is 25.2 Å². The Morgan fingerprint density at radius 2 is 1.96 bits per heavy atom. The smallest absolute Gasteiger partial charge is 0.407 e. The highest BCUT2D eigenvalue weighted by atomic mass is 16.5. The number of carbonyl (C=O) groups is 1. The molecule has 0 aliphatic carbocycles. The van der Waals surface area contributed by atoms with Crippen LogP contribution in [0, 0.1) is 5.92 Å². The molecule has 0 saturated carbocycles. The number of guanidine groups is 1. The average Bonchev–Trinajstić information content (AvgIpc) is 2.66. The van der Waals surface area contributed by atoms with Gasteiger partial charge < -0.3 is 29.7 Å². The lowest BCUT2D eigenvalue weighted by Crippen LogP contribution is -2.51. The topological polar surface area (TPSA) is 84.4 Å². The van der Waals surface area contributed by atoms with Gasteiger partial charge in [-0.05, 0) is 38.5 Å². The second-order valence-electron chi connectivity index (χ2n) is 7.52. The summed E-state index contributed by atoms with van der Waals surface area (Å²) in [6, 6.07) is -0.00235. The Balaban J connectivity index is 2.42. The van der Waals surface area contributed by atoms with Gasteiger partial charge in [0.15, 0.2) is 5.96 Å². The molecular formula is C20H40N4O4. The van der Waals surface area contributed by atoms with Gasteiger partial charge in [0.2, 0.25) is 0 Å². The Kier molecular flexibility index (Phi) is 12.6. The molecule has 1 rings (SSSR count). The van der Waals surface area contributed by atoms with Crippen molar-refractivity contribution in [2.45, 2.75) is 58.6 Å². The van der Waals surface area contributed by atoms with Crippen LogP contribution in [0.2, 0.25) is 0 Å². The number of rotatable bonds is 11. The van der Waals surface area contributed by atoms with E-state index in [1.807, 2.05) is 6.92 Å². The van der Waals surface area contributed by atoms with Crippen molar-refractivity contribution >= 4 is 12.1 Å². The lowest BCUT2D eigenvalue weighted by atomic mass is 10.0. The van der Waals surface area contributed by atoms with Crippen LogP contribution in [0.25, 0.3) is 0 Å². The molecule has 1 heterocycles. The summed E-state index contributed by atoms with van der Waals surface area (Å²) in [6.07, 6.45) is 3.74. The number of hydrogen-bond donors (Lipinski definition) is 2. The summed E-state index contributed by atoms with van der Waals surface area (Å²) in [7, 11) is 3.51. The monoisotopic (exact) mass is 400 g/mol. The number of nitrogens with one attached hydrogen (secondary N) is 2. The summed E-state index contributed by atoms with van der Waals surface area (Å²) in [5, 5.41) is 6.36. The first-order valence-corrected chi connectivity index (χ1v) is 10.5. The molecule has 1 saturated heterocycles. The summed E-state index contributed by atoms with van der Waals surface area (Å²) < 4.78 is 16.0. The molecule has 8 nitrogen and oxygen atoms in total. The Labute approximate surface area is 170 Å². The van der Waals surface area contributed by atoms with E-state index in [4.69, 9.17) is 14.2 Å². The zero-order valence-electron chi connectivity index (χ0n) is 18.3. The normalized spacial score (nSPS) is 16.9. The van der Waals surface area contributed by atoms with Gasteiger partial charge in [0.05, 0.1) is 12.7 Å². The number of ether oxygens (including phenoxy) is 3. The second kappa shape index (κ2) is 14.5. The van der Waals surface area contributed by atoms with Crippen LogP contribution in [-0.4, -0.2) is 82.7 Å². The fourth-order valence-corrected chi connectivity index (χ4v) is 3.34. The Bertz CT molecular complexity index is 451. The average molecular weight is 401 g/mol. The quantitative estimate of drug-likeness (QED) is 0.314. The molecule has 1 atom stereocenters. The zero-order chi connectivity index (χ0) is 20.8. The van der Waals surface area contributed by atoms with Crippen molar-refractivity contribution in [3.63, 3.8) is 0 Å². The predicted octanol–water partition coefficient (Wildman–Crippen LogP) is 2.24. The minimum Gasteiger partial charge on any atom is -0.450 e. The van der Waals surface area contributed by atoms with Crippen LogP contribution < -0.4 is 10.6 Å². The fourth-order valence-electron chi connectivity index (χ4n) is 3.34. The van der Waals surface area contributed by atoms with Crippen molar-refractivity contribution < 1.29 is 19.0 Å². The molecule has 1 aliphatic heterocycles. The van der Waals surface area contributed by atoms with Gasteiger partial charge in [0.1, 0.15) is 0 Å². The molecule has 1 aliphatic rings. The number of amides is 1. The van der Waals surface area contributed by atoms with Crippen LogP contribution in [-0.2, 0) is 14.2 Å². The second-order valence-corrected chi connectivity index (χ2v) is 7.52. The highest BCUT2D eigenvalue weighted by Crippen LogP contribution is 2.14. The Hall–Kier alpha value is -1.54. The number of alkyl carbamates (subject to hydrolysis) is 1. The third-order valence-electron chi connectivity index (χ3n) is 4.66. The molecular weight excluding hydrogens is 360 g/mol. The van der Waals surface area contributed by atoms with E-state index in [9.17, 15) is 4.79 Å². The first-order valence-electron chi connectivity index (χ1n) is 10.5. The molecule has 0 aromatic heterocycles. The van der Waals surface area contributed by atoms with E-state index in [1.165, 1.54) is 0 Å². The molecule has 8 heteroatoms. The standard InChI is InChI=1S/C20H40N4O4/c1-6-27-20(25)23-17(14-16(2)3)15-22-19(21-4)24-10-8-18(9-11-24)28-13-7-12-26-5/h16-18H,6-15H2,1-5H3,(H,21,22)(H,23,25). The lowest BCUT2D eigenvalue weighted by molar-refractivity contribution is 0.00988. The maximum Gasteiger partial charge on any atom is 0.407 e. The molecule has 0 aromatic carbocycles. The van der Waals surface area contributed by atoms with Crippen molar-refractivity contribution in [1.29, 1.82) is 0 Å². The lowest BCUT2D eigenvalue weighted by Gasteiger charge is -2.34. The summed E-state index contributed by atoms with van der Waals surface area (Å²) in [5.74, 6) is 1.35. The van der Waals surface area contributed by atoms with Crippen LogP contribution in [0.1, 0.15) is 46.5 Å². The predicted molar refractivity (Wildman–Crippen MR) is 112 cm³/mol. The molecule has 28 heavy (non-hydrogen) atoms. The maximum atomic E-state index is 11.8. The molecule has 1 fully saturated rings. The number of carbonyl (C=O) groups excluding carboxylic acids is 1. The van der Waals surface area contributed by atoms with Crippen LogP contribution in [0.15, 0.2) is 4.99 Å². The summed E-state index contributed by atoms with van der Waals surface area (Å²) in [6.45, 7) is 10.4. The van der Waals surface area contributed by atoms with Gasteiger partial charge in [-0.15, -0.1) is 0 Å². The number of methoxy groups -OCH3 is 1. The van der Waals surface area contributed by atoms with Crippen LogP contribution in [0.4, 0.5) is 4.79 Å². The molecule has 1 unspecified atom stereocenters. The van der Waals surface area contributed by atoms with E-state index >= 15 is 0 Å². The third kappa shape index (κ3) is 10.1. The van der Waals surface area contributed by atoms with Crippen molar-refractivity contribution in [2.24, 2.45) is 10.9 Å². The van der Waals surface area contributed by atoms with E-state index in [0.717, 1.165) is 57.9 Å². The van der Waals surface area contributed by atoms with Gasteiger partial charge in [-0.2, -0.15) is 0 Å². The van der Waals surface area contributed by atoms with Crippen molar-refractivity contribution in [3.8, 4) is 0 Å². The molecule has 1 amide bonds. The fraction of sp³-hybridized carbons (Fsp3) is 0.900. The van der Waals surface area contributed by atoms with Crippen LogP contribution in [0.3, 0.4) is 0 Å². The van der Waals surface area contributed by atoms with Gasteiger partial charge in [-0.25, -0.2) is 4.79 Å². The molecule has 0 radical (unpaired) electrons. The first-order chi connectivity index (χ1) is 13.5. The minimum atomic E-state index is -0.364. The molecule has 2 N–H and O–H groups in total. The summed E-state index contributed by atoms with van der Waals surface area (Å²) >= 11 is 0. The minimum absolute atomic E-state index is 0.00235. The zero-order valence-corrected chi connectivity index (χ0v) is 18.3. The largest absolute Gasteiger partial charge is 0.450 e. The Morgan fingerprint density at radius 1 is 1.25 bits per heavy atom. The van der Waals surface area contributed by atoms with Crippen LogP contribution >= 0.6 is 0 Å². The highest BCUT2D eigenvalue weighted by Gasteiger charge is 2.23. The molecule has 0 spiro atoms. The van der Waals surface area contributed by atoms with Gasteiger partial charge >= 0.3 is 6.09 Å². The van der Waals surface area contributed by atoms with E-state index in [2.05, 4.69) is 34.4 Å². The number of likely N-dealkylation sites (tertiary alicyclic amines) is 1. The number of nitrogens with zero attached hydrogens (tertiary/aromatic N) is 2.